The summed E-state index contributed by atoms with van der Waals surface area (Å²) in [5.74, 6) is 1.50. The molecule has 1 aliphatic heterocycles. The minimum Gasteiger partial charge on any atom is -0.396 e. The van der Waals surface area contributed by atoms with Crippen LogP contribution in [0.3, 0.4) is 0 Å². The number of allylic oxidation sites excluding steroid dienone is 2. The Hall–Kier alpha value is -1.24. The van der Waals surface area contributed by atoms with E-state index in [9.17, 15) is 10.2 Å². The molecule has 6 aliphatic rings. The van der Waals surface area contributed by atoms with E-state index in [1.54, 1.807) is 5.57 Å². The Morgan fingerprint density at radius 1 is 0.830 bits per heavy atom. The van der Waals surface area contributed by atoms with E-state index in [-0.39, 0.29) is 39.8 Å². The highest BCUT2D eigenvalue weighted by Crippen LogP contribution is 2.75. The van der Waals surface area contributed by atoms with Crippen molar-refractivity contribution in [1.29, 1.82) is 0 Å². The molecule has 2 unspecified atom stereocenters. The molecule has 5 fully saturated rings. The highest BCUT2D eigenvalue weighted by atomic mass is 16.5. The van der Waals surface area contributed by atoms with Crippen molar-refractivity contribution in [3.8, 4) is 0 Å². The molecule has 0 amide bonds. The fraction of sp³-hybridized carbons (Fsp3) is 0.810. The lowest BCUT2D eigenvalue weighted by Crippen LogP contribution is -2.66. The number of aliphatic hydroxyl groups excluding tert-OH is 2. The normalized spacial score (nSPS) is 46.4. The van der Waals surface area contributed by atoms with Gasteiger partial charge < -0.3 is 19.7 Å². The van der Waals surface area contributed by atoms with Crippen molar-refractivity contribution >= 4 is 0 Å². The Bertz CT molecular complexity index is 1330. The van der Waals surface area contributed by atoms with E-state index in [2.05, 4.69) is 83.7 Å². The summed E-state index contributed by atoms with van der Waals surface area (Å²) >= 11 is 0. The lowest BCUT2D eigenvalue weighted by atomic mass is 9.33. The first-order valence-corrected chi connectivity index (χ1v) is 19.2. The van der Waals surface area contributed by atoms with Crippen molar-refractivity contribution in [3.05, 3.63) is 47.0 Å². The van der Waals surface area contributed by atoms with Crippen LogP contribution in [0.5, 0.6) is 0 Å². The molecule has 7 rings (SSSR count). The minimum absolute atomic E-state index is 0.0890. The van der Waals surface area contributed by atoms with Crippen LogP contribution in [0.1, 0.15) is 117 Å². The third kappa shape index (κ3) is 5.34. The van der Waals surface area contributed by atoms with Crippen LogP contribution in [0.25, 0.3) is 0 Å². The van der Waals surface area contributed by atoms with E-state index in [0.717, 1.165) is 65.0 Å². The van der Waals surface area contributed by atoms with Gasteiger partial charge >= 0.3 is 0 Å². The van der Waals surface area contributed by atoms with Crippen molar-refractivity contribution in [1.82, 2.24) is 4.90 Å². The molecule has 1 aromatic carbocycles. The monoisotopic (exact) mass is 647 g/mol. The molecule has 0 bridgehead atoms. The highest BCUT2D eigenvalue weighted by Gasteiger charge is 2.69. The molecule has 10 atom stereocenters. The number of hydrogen-bond acceptors (Lipinski definition) is 5. The van der Waals surface area contributed by atoms with Gasteiger partial charge in [0.2, 0.25) is 0 Å². The Morgan fingerprint density at radius 2 is 1.53 bits per heavy atom. The van der Waals surface area contributed by atoms with E-state index < -0.39 is 11.5 Å². The van der Waals surface area contributed by atoms with E-state index in [4.69, 9.17) is 9.47 Å². The van der Waals surface area contributed by atoms with Crippen LogP contribution in [0.2, 0.25) is 0 Å². The first kappa shape index (κ1) is 34.2. The largest absolute Gasteiger partial charge is 0.396 e. The van der Waals surface area contributed by atoms with Gasteiger partial charge in [0.05, 0.1) is 38.6 Å². The predicted octanol–water partition coefficient (Wildman–Crippen LogP) is 8.17. The number of aliphatic hydroxyl groups is 2. The third-order valence-corrected chi connectivity index (χ3v) is 16.2. The van der Waals surface area contributed by atoms with Gasteiger partial charge in [0.15, 0.2) is 0 Å². The van der Waals surface area contributed by atoms with Crippen LogP contribution in [-0.2, 0) is 22.6 Å². The third-order valence-electron chi connectivity index (χ3n) is 16.2. The van der Waals surface area contributed by atoms with Crippen LogP contribution in [0.4, 0.5) is 0 Å². The molecular formula is C42H65NO4. The van der Waals surface area contributed by atoms with E-state index >= 15 is 0 Å². The second kappa shape index (κ2) is 11.9. The highest BCUT2D eigenvalue weighted by molar-refractivity contribution is 5.34. The number of hydrogen-bond donors (Lipinski definition) is 2. The molecule has 5 aliphatic carbocycles. The number of benzene rings is 1. The molecule has 0 aromatic heterocycles. The van der Waals surface area contributed by atoms with Crippen LogP contribution >= 0.6 is 0 Å². The molecule has 4 saturated carbocycles. The molecule has 0 radical (unpaired) electrons. The van der Waals surface area contributed by atoms with E-state index in [1.807, 2.05) is 0 Å². The number of ether oxygens (including phenoxy) is 2. The molecule has 0 spiro atoms. The van der Waals surface area contributed by atoms with Gasteiger partial charge in [0, 0.05) is 30.5 Å². The fourth-order valence-electron chi connectivity index (χ4n) is 12.9. The molecular weight excluding hydrogens is 582 g/mol. The van der Waals surface area contributed by atoms with Crippen molar-refractivity contribution in [2.75, 3.05) is 32.9 Å². The predicted molar refractivity (Wildman–Crippen MR) is 189 cm³/mol. The van der Waals surface area contributed by atoms with Crippen LogP contribution < -0.4 is 0 Å². The zero-order valence-electron chi connectivity index (χ0n) is 30.7. The quantitative estimate of drug-likeness (QED) is 0.305. The first-order valence-electron chi connectivity index (χ1n) is 19.2. The second-order valence-electron chi connectivity index (χ2n) is 19.1. The molecule has 5 nitrogen and oxygen atoms in total. The van der Waals surface area contributed by atoms with Crippen LogP contribution in [0.15, 0.2) is 35.9 Å². The fourth-order valence-corrected chi connectivity index (χ4v) is 12.9. The smallest absolute Gasteiger partial charge is 0.0720 e. The van der Waals surface area contributed by atoms with Gasteiger partial charge in [-0.05, 0) is 108 Å². The minimum atomic E-state index is -0.398. The summed E-state index contributed by atoms with van der Waals surface area (Å²) in [6.07, 6.45) is 12.8. The summed E-state index contributed by atoms with van der Waals surface area (Å²) in [5.41, 5.74) is 4.93. The molecule has 1 saturated heterocycles. The summed E-state index contributed by atoms with van der Waals surface area (Å²) < 4.78 is 12.6. The summed E-state index contributed by atoms with van der Waals surface area (Å²) in [5, 5.41) is 21.7. The van der Waals surface area contributed by atoms with Gasteiger partial charge in [-0.2, -0.15) is 0 Å². The van der Waals surface area contributed by atoms with Crippen molar-refractivity contribution in [2.45, 2.75) is 132 Å². The molecule has 1 aromatic rings. The van der Waals surface area contributed by atoms with Gasteiger partial charge in [-0.15, -0.1) is 0 Å². The number of morpholine rings is 1. The maximum Gasteiger partial charge on any atom is 0.0720 e. The van der Waals surface area contributed by atoms with Crippen LogP contribution in [0, 0.1) is 50.2 Å². The summed E-state index contributed by atoms with van der Waals surface area (Å²) in [7, 11) is 0. The van der Waals surface area contributed by atoms with Gasteiger partial charge in [-0.25, -0.2) is 0 Å². The number of nitrogens with zero attached hydrogens (tertiary/aromatic N) is 1. The molecule has 5 heteroatoms. The SMILES string of the molecule is CC1(C)C[C@@H]2C3=CC[C@@H]4[C@@]5(C)CC[C@H](O)C(C)(CO)C5CC[C@@]4(C)[C@]3(C)CC[C@@]2(C)[C@H](OCc2ccc(CN3CCOCC3)cc2)C1. The molecule has 262 valence electrons. The maximum atomic E-state index is 11.1. The summed E-state index contributed by atoms with van der Waals surface area (Å²) in [4.78, 5) is 2.48. The lowest BCUT2D eigenvalue weighted by Gasteiger charge is -2.71. The topological polar surface area (TPSA) is 62.2 Å². The zero-order chi connectivity index (χ0) is 33.5. The average Bonchev–Trinajstić information content (AvgIpc) is 3.04. The Morgan fingerprint density at radius 3 is 2.23 bits per heavy atom. The van der Waals surface area contributed by atoms with E-state index in [1.165, 1.54) is 36.8 Å². The first-order chi connectivity index (χ1) is 22.2. The Kier molecular flexibility index (Phi) is 8.69. The Balaban J connectivity index is 1.12. The lowest BCUT2D eigenvalue weighted by molar-refractivity contribution is -0.220. The van der Waals surface area contributed by atoms with Crippen molar-refractivity contribution < 1.29 is 19.7 Å². The molecule has 1 heterocycles. The number of rotatable bonds is 6. The van der Waals surface area contributed by atoms with Gasteiger partial charge in [0.1, 0.15) is 0 Å². The molecule has 47 heavy (non-hydrogen) atoms. The van der Waals surface area contributed by atoms with E-state index in [0.29, 0.717) is 24.4 Å². The van der Waals surface area contributed by atoms with Crippen LogP contribution in [-0.4, -0.2) is 60.2 Å². The van der Waals surface area contributed by atoms with Crippen molar-refractivity contribution in [3.63, 3.8) is 0 Å². The maximum absolute atomic E-state index is 11.1. The van der Waals surface area contributed by atoms with Gasteiger partial charge in [-0.3, -0.25) is 4.90 Å². The van der Waals surface area contributed by atoms with Gasteiger partial charge in [-0.1, -0.05) is 84.4 Å². The Labute approximate surface area is 285 Å². The molecule has 2 N–H and O–H groups in total. The summed E-state index contributed by atoms with van der Waals surface area (Å²) in [6.45, 7) is 23.0. The zero-order valence-corrected chi connectivity index (χ0v) is 30.7. The standard InChI is InChI=1S/C42H65NO4/c1-37(2)24-32-31-12-13-34-39(4)16-15-35(45)40(5,28-44)33(39)14-17-42(34,7)41(31,6)19-18-38(32,3)36(25-37)47-27-30-10-8-29(9-11-30)26-43-20-22-46-23-21-43/h8-12,32-36,44-45H,13-28H2,1-7H3/t32-,33?,34-,35+,36-,38-,39+,40?,41-,42-/m1/s1. The summed E-state index contributed by atoms with van der Waals surface area (Å²) in [6, 6.07) is 9.17. The second-order valence-corrected chi connectivity index (χ2v) is 19.1. The number of fused-ring (bicyclic) bond motifs is 7. The average molecular weight is 648 g/mol. The van der Waals surface area contributed by atoms with Gasteiger partial charge in [0.25, 0.3) is 0 Å². The van der Waals surface area contributed by atoms with Crippen molar-refractivity contribution in [2.24, 2.45) is 50.2 Å².